The first-order valence-corrected chi connectivity index (χ1v) is 7.38. The Hall–Kier alpha value is -1.88. The van der Waals surface area contributed by atoms with E-state index in [9.17, 15) is 14.3 Å². The van der Waals surface area contributed by atoms with Crippen LogP contribution in [0.15, 0.2) is 24.4 Å². The molecule has 1 aromatic heterocycles. The number of nitrogens with one attached hydrogen (secondary N) is 2. The third-order valence-corrected chi connectivity index (χ3v) is 4.28. The Morgan fingerprint density at radius 1 is 1.38 bits per heavy atom. The Bertz CT molecular complexity index is 653. The van der Waals surface area contributed by atoms with Crippen LogP contribution < -0.4 is 5.32 Å². The highest BCUT2D eigenvalue weighted by Crippen LogP contribution is 2.24. The Labute approximate surface area is 122 Å². The lowest BCUT2D eigenvalue weighted by atomic mass is 9.86. The van der Waals surface area contributed by atoms with E-state index in [1.165, 1.54) is 12.1 Å². The monoisotopic (exact) mass is 290 g/mol. The predicted octanol–water partition coefficient (Wildman–Crippen LogP) is 2.59. The topological polar surface area (TPSA) is 65.1 Å². The fourth-order valence-electron chi connectivity index (χ4n) is 3.03. The first-order chi connectivity index (χ1) is 10.1. The van der Waals surface area contributed by atoms with Crippen LogP contribution in [-0.2, 0) is 0 Å². The molecule has 1 amide bonds. The minimum Gasteiger partial charge on any atom is -0.393 e. The second-order valence-corrected chi connectivity index (χ2v) is 5.71. The molecule has 21 heavy (non-hydrogen) atoms. The summed E-state index contributed by atoms with van der Waals surface area (Å²) in [5.41, 5.74) is 1.12. The van der Waals surface area contributed by atoms with Gasteiger partial charge in [-0.05, 0) is 31.0 Å². The molecule has 1 aliphatic carbocycles. The van der Waals surface area contributed by atoms with Gasteiger partial charge in [-0.2, -0.15) is 0 Å². The van der Waals surface area contributed by atoms with Gasteiger partial charge in [0, 0.05) is 29.6 Å². The quantitative estimate of drug-likeness (QED) is 0.813. The molecule has 5 heteroatoms. The summed E-state index contributed by atoms with van der Waals surface area (Å²) in [6.45, 7) is 0.480. The van der Waals surface area contributed by atoms with Gasteiger partial charge in [0.05, 0.1) is 11.7 Å². The second kappa shape index (κ2) is 5.85. The minimum absolute atomic E-state index is 0.130. The molecule has 0 aliphatic heterocycles. The number of aliphatic hydroxyl groups is 1. The number of carbonyl (C=O) groups is 1. The van der Waals surface area contributed by atoms with Crippen LogP contribution in [0.5, 0.6) is 0 Å². The van der Waals surface area contributed by atoms with Gasteiger partial charge in [-0.25, -0.2) is 4.39 Å². The molecule has 1 saturated carbocycles. The van der Waals surface area contributed by atoms with Crippen molar-refractivity contribution in [2.75, 3.05) is 6.54 Å². The van der Waals surface area contributed by atoms with E-state index < -0.39 is 0 Å². The van der Waals surface area contributed by atoms with Gasteiger partial charge < -0.3 is 15.4 Å². The zero-order valence-corrected chi connectivity index (χ0v) is 11.7. The Morgan fingerprint density at radius 3 is 3.00 bits per heavy atom. The highest BCUT2D eigenvalue weighted by Gasteiger charge is 2.23. The normalized spacial score (nSPS) is 22.4. The number of H-pyrrole nitrogens is 1. The highest BCUT2D eigenvalue weighted by atomic mass is 19.1. The molecule has 3 N–H and O–H groups in total. The molecule has 112 valence electrons. The number of halogens is 1. The molecular weight excluding hydrogens is 271 g/mol. The summed E-state index contributed by atoms with van der Waals surface area (Å²) in [6, 6.07) is 4.32. The first-order valence-electron chi connectivity index (χ1n) is 7.38. The van der Waals surface area contributed by atoms with E-state index in [1.54, 1.807) is 12.3 Å². The molecule has 2 unspecified atom stereocenters. The summed E-state index contributed by atoms with van der Waals surface area (Å²) >= 11 is 0. The van der Waals surface area contributed by atoms with Crippen molar-refractivity contribution in [2.45, 2.75) is 31.8 Å². The van der Waals surface area contributed by atoms with Gasteiger partial charge in [0.1, 0.15) is 5.82 Å². The summed E-state index contributed by atoms with van der Waals surface area (Å²) in [5.74, 6) is -0.391. The van der Waals surface area contributed by atoms with Crippen molar-refractivity contribution in [1.29, 1.82) is 0 Å². The average Bonchev–Trinajstić information content (AvgIpc) is 2.89. The van der Waals surface area contributed by atoms with Crippen LogP contribution in [-0.4, -0.2) is 28.6 Å². The van der Waals surface area contributed by atoms with Crippen LogP contribution in [0.25, 0.3) is 10.9 Å². The summed E-state index contributed by atoms with van der Waals surface area (Å²) in [7, 11) is 0. The van der Waals surface area contributed by atoms with Crippen LogP contribution in [0.4, 0.5) is 4.39 Å². The second-order valence-electron chi connectivity index (χ2n) is 5.71. The van der Waals surface area contributed by atoms with Crippen molar-refractivity contribution in [1.82, 2.24) is 10.3 Å². The number of aliphatic hydroxyl groups excluding tert-OH is 1. The molecule has 1 aliphatic rings. The van der Waals surface area contributed by atoms with E-state index in [1.807, 2.05) is 0 Å². The molecule has 0 saturated heterocycles. The zero-order valence-electron chi connectivity index (χ0n) is 11.7. The van der Waals surface area contributed by atoms with Gasteiger partial charge in [0.2, 0.25) is 0 Å². The maximum absolute atomic E-state index is 13.1. The largest absolute Gasteiger partial charge is 0.393 e. The van der Waals surface area contributed by atoms with Gasteiger partial charge in [-0.3, -0.25) is 4.79 Å². The van der Waals surface area contributed by atoms with Gasteiger partial charge >= 0.3 is 0 Å². The lowest BCUT2D eigenvalue weighted by Crippen LogP contribution is -2.36. The van der Waals surface area contributed by atoms with Crippen molar-refractivity contribution in [3.8, 4) is 0 Å². The van der Waals surface area contributed by atoms with Gasteiger partial charge in [0.15, 0.2) is 0 Å². The molecule has 4 nitrogen and oxygen atoms in total. The number of aromatic nitrogens is 1. The van der Waals surface area contributed by atoms with E-state index in [0.29, 0.717) is 23.0 Å². The maximum atomic E-state index is 13.1. The summed E-state index contributed by atoms with van der Waals surface area (Å²) in [5, 5.41) is 13.5. The Kier molecular flexibility index (Phi) is 3.92. The van der Waals surface area contributed by atoms with E-state index >= 15 is 0 Å². The molecule has 2 aromatic rings. The van der Waals surface area contributed by atoms with Crippen molar-refractivity contribution in [3.63, 3.8) is 0 Å². The van der Waals surface area contributed by atoms with E-state index in [0.717, 1.165) is 25.7 Å². The Morgan fingerprint density at radius 2 is 2.19 bits per heavy atom. The molecule has 0 spiro atoms. The SMILES string of the molecule is O=C(NCC1CCCCC1O)c1c[nH]c2cc(F)ccc12. The van der Waals surface area contributed by atoms with Crippen LogP contribution in [0, 0.1) is 11.7 Å². The molecule has 3 rings (SSSR count). The number of rotatable bonds is 3. The highest BCUT2D eigenvalue weighted by molar-refractivity contribution is 6.06. The molecular formula is C16H19FN2O2. The molecule has 1 heterocycles. The fourth-order valence-corrected chi connectivity index (χ4v) is 3.03. The molecule has 2 atom stereocenters. The predicted molar refractivity (Wildman–Crippen MR) is 78.6 cm³/mol. The number of carbonyl (C=O) groups excluding carboxylic acids is 1. The van der Waals surface area contributed by atoms with Gasteiger partial charge in [-0.1, -0.05) is 12.8 Å². The number of hydrogen-bond donors (Lipinski definition) is 3. The van der Waals surface area contributed by atoms with E-state index in [4.69, 9.17) is 0 Å². The van der Waals surface area contributed by atoms with Crippen molar-refractivity contribution in [2.24, 2.45) is 5.92 Å². The third-order valence-electron chi connectivity index (χ3n) is 4.28. The van der Waals surface area contributed by atoms with Gasteiger partial charge in [0.25, 0.3) is 5.91 Å². The van der Waals surface area contributed by atoms with Crippen molar-refractivity contribution in [3.05, 3.63) is 35.8 Å². The Balaban J connectivity index is 1.69. The van der Waals surface area contributed by atoms with Crippen molar-refractivity contribution < 1.29 is 14.3 Å². The van der Waals surface area contributed by atoms with Crippen molar-refractivity contribution >= 4 is 16.8 Å². The smallest absolute Gasteiger partial charge is 0.253 e. The summed E-state index contributed by atoms with van der Waals surface area (Å²) in [4.78, 5) is 15.2. The van der Waals surface area contributed by atoms with Crippen LogP contribution in [0.1, 0.15) is 36.0 Å². The summed E-state index contributed by atoms with van der Waals surface area (Å²) in [6.07, 6.45) is 5.18. The van der Waals surface area contributed by atoms with Crippen LogP contribution in [0.2, 0.25) is 0 Å². The number of fused-ring (bicyclic) bond motifs is 1. The number of amides is 1. The molecule has 0 radical (unpaired) electrons. The summed E-state index contributed by atoms with van der Waals surface area (Å²) < 4.78 is 13.1. The minimum atomic E-state index is -0.332. The lowest BCUT2D eigenvalue weighted by molar-refractivity contribution is 0.0663. The third kappa shape index (κ3) is 2.93. The van der Waals surface area contributed by atoms with Gasteiger partial charge in [-0.15, -0.1) is 0 Å². The van der Waals surface area contributed by atoms with E-state index in [-0.39, 0.29) is 23.7 Å². The number of aromatic amines is 1. The van der Waals surface area contributed by atoms with E-state index in [2.05, 4.69) is 10.3 Å². The maximum Gasteiger partial charge on any atom is 0.253 e. The first kappa shape index (κ1) is 14.1. The zero-order chi connectivity index (χ0) is 14.8. The molecule has 1 aromatic carbocycles. The molecule has 1 fully saturated rings. The number of benzene rings is 1. The standard InChI is InChI=1S/C16H19FN2O2/c17-11-5-6-12-13(9-18-14(12)7-11)16(21)19-8-10-3-1-2-4-15(10)20/h5-7,9-10,15,18,20H,1-4,8H2,(H,19,21). The molecule has 0 bridgehead atoms. The lowest BCUT2D eigenvalue weighted by Gasteiger charge is -2.27. The average molecular weight is 290 g/mol. The number of hydrogen-bond acceptors (Lipinski definition) is 2. The fraction of sp³-hybridized carbons (Fsp3) is 0.438. The van der Waals surface area contributed by atoms with Crippen LogP contribution in [0.3, 0.4) is 0 Å². The van der Waals surface area contributed by atoms with Crippen LogP contribution >= 0.6 is 0 Å².